The zero-order valence-electron chi connectivity index (χ0n) is 11.3. The monoisotopic (exact) mass is 268 g/mol. The van der Waals surface area contributed by atoms with Crippen molar-refractivity contribution in [3.63, 3.8) is 0 Å². The number of rotatable bonds is 4. The van der Waals surface area contributed by atoms with Gasteiger partial charge in [-0.1, -0.05) is 6.07 Å². The van der Waals surface area contributed by atoms with Gasteiger partial charge in [-0.25, -0.2) is 4.98 Å². The molecule has 3 rings (SSSR count). The lowest BCUT2D eigenvalue weighted by Crippen LogP contribution is -2.08. The summed E-state index contributed by atoms with van der Waals surface area (Å²) in [4.78, 5) is 12.8. The first kappa shape index (κ1) is 12.7. The lowest BCUT2D eigenvalue weighted by Gasteiger charge is -2.12. The van der Waals surface area contributed by atoms with Gasteiger partial charge in [-0.05, 0) is 24.6 Å². The SMILES string of the molecule is CCn1ccnc1CC(O)c1ccc2nccnc2c1. The highest BCUT2D eigenvalue weighted by Gasteiger charge is 2.13. The molecule has 0 aliphatic heterocycles. The number of hydrogen-bond donors (Lipinski definition) is 1. The third-order valence-corrected chi connectivity index (χ3v) is 3.40. The number of hydrogen-bond acceptors (Lipinski definition) is 4. The molecule has 0 bridgehead atoms. The molecular formula is C15H16N4O. The highest BCUT2D eigenvalue weighted by molar-refractivity contribution is 5.74. The molecule has 1 atom stereocenters. The third kappa shape index (κ3) is 2.40. The summed E-state index contributed by atoms with van der Waals surface area (Å²) in [6, 6.07) is 5.65. The number of benzene rings is 1. The normalized spacial score (nSPS) is 12.7. The van der Waals surface area contributed by atoms with E-state index in [-0.39, 0.29) is 0 Å². The fourth-order valence-corrected chi connectivity index (χ4v) is 2.30. The summed E-state index contributed by atoms with van der Waals surface area (Å²) in [5.41, 5.74) is 2.46. The molecule has 0 aliphatic rings. The van der Waals surface area contributed by atoms with Gasteiger partial charge in [-0.15, -0.1) is 0 Å². The largest absolute Gasteiger partial charge is 0.388 e. The van der Waals surface area contributed by atoms with E-state index in [4.69, 9.17) is 0 Å². The van der Waals surface area contributed by atoms with E-state index in [9.17, 15) is 5.11 Å². The van der Waals surface area contributed by atoms with Crippen LogP contribution in [0.1, 0.15) is 24.4 Å². The van der Waals surface area contributed by atoms with Crippen LogP contribution in [0.25, 0.3) is 11.0 Å². The first-order valence-corrected chi connectivity index (χ1v) is 6.66. The highest BCUT2D eigenvalue weighted by Crippen LogP contribution is 2.20. The maximum absolute atomic E-state index is 10.4. The van der Waals surface area contributed by atoms with E-state index in [1.807, 2.05) is 29.0 Å². The first-order valence-electron chi connectivity index (χ1n) is 6.66. The van der Waals surface area contributed by atoms with Crippen LogP contribution in [0, 0.1) is 0 Å². The van der Waals surface area contributed by atoms with E-state index in [2.05, 4.69) is 21.9 Å². The van der Waals surface area contributed by atoms with Gasteiger partial charge in [0.05, 0.1) is 17.1 Å². The molecule has 5 nitrogen and oxygen atoms in total. The van der Waals surface area contributed by atoms with E-state index in [1.54, 1.807) is 18.6 Å². The molecule has 2 aromatic heterocycles. The standard InChI is InChI=1S/C15H16N4O/c1-2-19-8-7-18-15(19)10-14(20)11-3-4-12-13(9-11)17-6-5-16-12/h3-9,14,20H,2,10H2,1H3. The number of aliphatic hydroxyl groups excluding tert-OH is 1. The highest BCUT2D eigenvalue weighted by atomic mass is 16.3. The Kier molecular flexibility index (Phi) is 3.43. The van der Waals surface area contributed by atoms with Crippen molar-refractivity contribution >= 4 is 11.0 Å². The van der Waals surface area contributed by atoms with Gasteiger partial charge in [-0.2, -0.15) is 0 Å². The van der Waals surface area contributed by atoms with Crippen molar-refractivity contribution in [3.05, 3.63) is 54.4 Å². The predicted octanol–water partition coefficient (Wildman–Crippen LogP) is 2.12. The summed E-state index contributed by atoms with van der Waals surface area (Å²) in [7, 11) is 0. The molecule has 0 saturated heterocycles. The molecule has 0 aliphatic carbocycles. The molecule has 0 fully saturated rings. The maximum Gasteiger partial charge on any atom is 0.111 e. The summed E-state index contributed by atoms with van der Waals surface area (Å²) in [5.74, 6) is 0.888. The zero-order chi connectivity index (χ0) is 13.9. The van der Waals surface area contributed by atoms with Gasteiger partial charge in [0, 0.05) is 37.8 Å². The van der Waals surface area contributed by atoms with Gasteiger partial charge in [0.15, 0.2) is 0 Å². The topological polar surface area (TPSA) is 63.8 Å². The summed E-state index contributed by atoms with van der Waals surface area (Å²) >= 11 is 0. The van der Waals surface area contributed by atoms with Crippen molar-refractivity contribution in [3.8, 4) is 0 Å². The number of nitrogens with zero attached hydrogens (tertiary/aromatic N) is 4. The van der Waals surface area contributed by atoms with Crippen molar-refractivity contribution in [1.29, 1.82) is 0 Å². The lowest BCUT2D eigenvalue weighted by molar-refractivity contribution is 0.174. The minimum atomic E-state index is -0.589. The van der Waals surface area contributed by atoms with E-state index in [0.29, 0.717) is 6.42 Å². The summed E-state index contributed by atoms with van der Waals surface area (Å²) < 4.78 is 2.03. The third-order valence-electron chi connectivity index (χ3n) is 3.40. The Labute approximate surface area is 117 Å². The van der Waals surface area contributed by atoms with Crippen LogP contribution in [-0.4, -0.2) is 24.6 Å². The molecule has 1 unspecified atom stereocenters. The molecular weight excluding hydrogens is 252 g/mol. The molecule has 1 aromatic carbocycles. The van der Waals surface area contributed by atoms with E-state index in [1.165, 1.54) is 0 Å². The number of fused-ring (bicyclic) bond motifs is 1. The maximum atomic E-state index is 10.4. The second-order valence-corrected chi connectivity index (χ2v) is 4.65. The molecule has 5 heteroatoms. The number of aliphatic hydroxyl groups is 1. The smallest absolute Gasteiger partial charge is 0.111 e. The molecule has 3 aromatic rings. The zero-order valence-corrected chi connectivity index (χ0v) is 11.3. The quantitative estimate of drug-likeness (QED) is 0.787. The van der Waals surface area contributed by atoms with Gasteiger partial charge < -0.3 is 9.67 Å². The predicted molar refractivity (Wildman–Crippen MR) is 76.1 cm³/mol. The molecule has 1 N–H and O–H groups in total. The molecule has 0 spiro atoms. The fraction of sp³-hybridized carbons (Fsp3) is 0.267. The summed E-state index contributed by atoms with van der Waals surface area (Å²) in [5, 5.41) is 10.4. The lowest BCUT2D eigenvalue weighted by atomic mass is 10.1. The van der Waals surface area contributed by atoms with Crippen molar-refractivity contribution in [2.24, 2.45) is 0 Å². The second kappa shape index (κ2) is 5.38. The van der Waals surface area contributed by atoms with Crippen molar-refractivity contribution in [2.75, 3.05) is 0 Å². The Bertz CT molecular complexity index is 722. The van der Waals surface area contributed by atoms with Gasteiger partial charge in [0.1, 0.15) is 5.82 Å². The summed E-state index contributed by atoms with van der Waals surface area (Å²) in [6.45, 7) is 2.91. The van der Waals surface area contributed by atoms with Crippen LogP contribution >= 0.6 is 0 Å². The summed E-state index contributed by atoms with van der Waals surface area (Å²) in [6.07, 6.45) is 6.91. The number of aryl methyl sites for hydroxylation is 1. The van der Waals surface area contributed by atoms with E-state index >= 15 is 0 Å². The van der Waals surface area contributed by atoms with Gasteiger partial charge in [0.25, 0.3) is 0 Å². The molecule has 0 saturated carbocycles. The molecule has 102 valence electrons. The number of aromatic nitrogens is 4. The number of imidazole rings is 1. The van der Waals surface area contributed by atoms with Crippen LogP contribution in [0.4, 0.5) is 0 Å². The molecule has 0 amide bonds. The van der Waals surface area contributed by atoms with Crippen molar-refractivity contribution < 1.29 is 5.11 Å². The van der Waals surface area contributed by atoms with Crippen molar-refractivity contribution in [1.82, 2.24) is 19.5 Å². The Hall–Kier alpha value is -2.27. The Morgan fingerprint density at radius 2 is 1.90 bits per heavy atom. The Balaban J connectivity index is 1.86. The Morgan fingerprint density at radius 1 is 1.10 bits per heavy atom. The van der Waals surface area contributed by atoms with E-state index < -0.39 is 6.10 Å². The van der Waals surface area contributed by atoms with E-state index in [0.717, 1.165) is 29.0 Å². The average Bonchev–Trinajstić information content (AvgIpc) is 2.94. The minimum absolute atomic E-state index is 0.493. The van der Waals surface area contributed by atoms with Crippen LogP contribution in [-0.2, 0) is 13.0 Å². The second-order valence-electron chi connectivity index (χ2n) is 4.65. The Morgan fingerprint density at radius 3 is 2.70 bits per heavy atom. The molecule has 0 radical (unpaired) electrons. The average molecular weight is 268 g/mol. The van der Waals surface area contributed by atoms with Crippen LogP contribution in [0.15, 0.2) is 43.0 Å². The van der Waals surface area contributed by atoms with Crippen LogP contribution in [0.3, 0.4) is 0 Å². The van der Waals surface area contributed by atoms with Gasteiger partial charge in [-0.3, -0.25) is 9.97 Å². The van der Waals surface area contributed by atoms with Gasteiger partial charge in [0.2, 0.25) is 0 Å². The first-order chi connectivity index (χ1) is 9.78. The van der Waals surface area contributed by atoms with Gasteiger partial charge >= 0.3 is 0 Å². The molecule has 2 heterocycles. The molecule has 20 heavy (non-hydrogen) atoms. The van der Waals surface area contributed by atoms with Crippen LogP contribution in [0.2, 0.25) is 0 Å². The minimum Gasteiger partial charge on any atom is -0.388 e. The van der Waals surface area contributed by atoms with Crippen LogP contribution in [0.5, 0.6) is 0 Å². The fourth-order valence-electron chi connectivity index (χ4n) is 2.30. The van der Waals surface area contributed by atoms with Crippen LogP contribution < -0.4 is 0 Å². The van der Waals surface area contributed by atoms with Crippen molar-refractivity contribution in [2.45, 2.75) is 26.0 Å².